The molecule has 0 unspecified atom stereocenters. The number of ether oxygens (including phenoxy) is 4. The molecule has 180 valence electrons. The molecular weight excluding hydrogens is 443 g/mol. The summed E-state index contributed by atoms with van der Waals surface area (Å²) in [4.78, 5) is 20.3. The van der Waals surface area contributed by atoms with Gasteiger partial charge in [0.15, 0.2) is 5.79 Å². The fraction of sp³-hybridized carbons (Fsp3) is 0.458. The average Bonchev–Trinajstić information content (AvgIpc) is 3.45. The molecular formula is C24H27FN4O5. The van der Waals surface area contributed by atoms with Crippen molar-refractivity contribution in [3.05, 3.63) is 53.9 Å². The van der Waals surface area contributed by atoms with E-state index in [0.29, 0.717) is 17.7 Å². The van der Waals surface area contributed by atoms with Gasteiger partial charge in [0.2, 0.25) is 0 Å². The summed E-state index contributed by atoms with van der Waals surface area (Å²) < 4.78 is 40.1. The molecule has 1 aliphatic heterocycles. The second-order valence-corrected chi connectivity index (χ2v) is 9.02. The minimum absolute atomic E-state index is 0.0883. The first-order valence-corrected chi connectivity index (χ1v) is 11.2. The summed E-state index contributed by atoms with van der Waals surface area (Å²) >= 11 is 0. The molecule has 1 amide bonds. The topological polar surface area (TPSA) is 96.7 Å². The molecule has 9 nitrogen and oxygen atoms in total. The molecule has 3 heterocycles. The fourth-order valence-corrected chi connectivity index (χ4v) is 4.81. The number of nitrogens with zero attached hydrogens (tertiary/aromatic N) is 3. The van der Waals surface area contributed by atoms with E-state index in [1.807, 2.05) is 33.0 Å². The number of alkyl carbamates (subject to hydrolysis) is 1. The van der Waals surface area contributed by atoms with Crippen LogP contribution in [-0.4, -0.2) is 51.8 Å². The van der Waals surface area contributed by atoms with Gasteiger partial charge in [-0.2, -0.15) is 0 Å². The zero-order valence-electron chi connectivity index (χ0n) is 19.4. The second-order valence-electron chi connectivity index (χ2n) is 9.02. The Kier molecular flexibility index (Phi) is 5.65. The van der Waals surface area contributed by atoms with Gasteiger partial charge in [0.05, 0.1) is 11.7 Å². The maximum atomic E-state index is 13.9. The van der Waals surface area contributed by atoms with Gasteiger partial charge in [-0.25, -0.2) is 19.2 Å². The molecule has 1 saturated carbocycles. The van der Waals surface area contributed by atoms with E-state index in [-0.39, 0.29) is 31.0 Å². The second kappa shape index (κ2) is 8.52. The molecule has 0 spiro atoms. The predicted molar refractivity (Wildman–Crippen MR) is 120 cm³/mol. The van der Waals surface area contributed by atoms with Crippen molar-refractivity contribution in [3.8, 4) is 5.75 Å². The average molecular weight is 471 g/mol. The summed E-state index contributed by atoms with van der Waals surface area (Å²) in [7, 11) is 1.46. The van der Waals surface area contributed by atoms with Crippen LogP contribution >= 0.6 is 0 Å². The van der Waals surface area contributed by atoms with Gasteiger partial charge < -0.3 is 28.8 Å². The summed E-state index contributed by atoms with van der Waals surface area (Å²) in [5.41, 5.74) is 2.16. The van der Waals surface area contributed by atoms with E-state index >= 15 is 0 Å². The molecule has 2 aliphatic rings. The third-order valence-corrected chi connectivity index (χ3v) is 6.31. The standard InChI is InChI=1S/C24H27FN4O5/c1-13-16-7-8-29(22(16)28-12-27-13)17-10-19(21-20(17)33-24(2,3)34-21)32-18-6-5-15(25)9-14(18)11-31-23(30)26-4/h5-9,12,17,19-21H,10-11H2,1-4H3,(H,26,30)/t17-,19+,20+,21-/m1/s1. The number of aryl methyl sites for hydroxylation is 1. The van der Waals surface area contributed by atoms with Gasteiger partial charge in [-0.05, 0) is 45.0 Å². The van der Waals surface area contributed by atoms with Crippen LogP contribution in [0.1, 0.15) is 37.6 Å². The van der Waals surface area contributed by atoms with Gasteiger partial charge in [-0.1, -0.05) is 0 Å². The third-order valence-electron chi connectivity index (χ3n) is 6.31. The highest BCUT2D eigenvalue weighted by Gasteiger charge is 2.56. The number of halogens is 1. The smallest absolute Gasteiger partial charge is 0.407 e. The van der Waals surface area contributed by atoms with Crippen molar-refractivity contribution in [1.29, 1.82) is 0 Å². The van der Waals surface area contributed by atoms with Crippen LogP contribution in [0.3, 0.4) is 0 Å². The first-order chi connectivity index (χ1) is 16.3. The summed E-state index contributed by atoms with van der Waals surface area (Å²) in [6.45, 7) is 5.57. The van der Waals surface area contributed by atoms with Gasteiger partial charge in [-0.15, -0.1) is 0 Å². The normalized spacial score (nSPS) is 25.3. The Morgan fingerprint density at radius 1 is 1.26 bits per heavy atom. The van der Waals surface area contributed by atoms with Gasteiger partial charge in [0, 0.05) is 30.6 Å². The molecule has 0 bridgehead atoms. The number of nitrogens with one attached hydrogen (secondary N) is 1. The van der Waals surface area contributed by atoms with Gasteiger partial charge >= 0.3 is 6.09 Å². The number of rotatable bonds is 5. The summed E-state index contributed by atoms with van der Waals surface area (Å²) in [5, 5.41) is 3.36. The molecule has 2 aromatic heterocycles. The van der Waals surface area contributed by atoms with Crippen molar-refractivity contribution in [2.24, 2.45) is 0 Å². The summed E-state index contributed by atoms with van der Waals surface area (Å²) in [6.07, 6.45) is 2.54. The lowest BCUT2D eigenvalue weighted by Gasteiger charge is -2.25. The number of benzene rings is 1. The van der Waals surface area contributed by atoms with E-state index in [9.17, 15) is 9.18 Å². The Bertz CT molecular complexity index is 1230. The van der Waals surface area contributed by atoms with Crippen molar-refractivity contribution >= 4 is 17.1 Å². The van der Waals surface area contributed by atoms with Crippen LogP contribution in [-0.2, 0) is 20.8 Å². The number of amides is 1. The first-order valence-electron chi connectivity index (χ1n) is 11.2. The Labute approximate surface area is 196 Å². The minimum Gasteiger partial charge on any atom is -0.487 e. The largest absolute Gasteiger partial charge is 0.487 e. The first kappa shape index (κ1) is 22.5. The van der Waals surface area contributed by atoms with Gasteiger partial charge in [0.25, 0.3) is 0 Å². The number of aromatic nitrogens is 3. The fourth-order valence-electron chi connectivity index (χ4n) is 4.81. The summed E-state index contributed by atoms with van der Waals surface area (Å²) in [6, 6.07) is 6.08. The van der Waals surface area contributed by atoms with Crippen molar-refractivity contribution < 1.29 is 28.1 Å². The molecule has 5 rings (SSSR count). The van der Waals surface area contributed by atoms with Crippen LogP contribution in [0.4, 0.5) is 9.18 Å². The monoisotopic (exact) mass is 470 g/mol. The van der Waals surface area contributed by atoms with Crippen molar-refractivity contribution in [1.82, 2.24) is 19.9 Å². The molecule has 10 heteroatoms. The predicted octanol–water partition coefficient (Wildman–Crippen LogP) is 3.65. The Morgan fingerprint density at radius 3 is 2.85 bits per heavy atom. The van der Waals surface area contributed by atoms with Gasteiger partial charge in [-0.3, -0.25) is 0 Å². The van der Waals surface area contributed by atoms with Crippen LogP contribution in [0.15, 0.2) is 36.8 Å². The number of carbonyl (C=O) groups excluding carboxylic acids is 1. The van der Waals surface area contributed by atoms with Crippen LogP contribution in [0.25, 0.3) is 11.0 Å². The SMILES string of the molecule is CNC(=O)OCc1cc(F)ccc1O[C@H]1C[C@@H](n2ccc3c(C)ncnc32)[C@@H]2OC(C)(C)O[C@@H]21. The van der Waals surface area contributed by atoms with Crippen LogP contribution in [0.5, 0.6) is 5.75 Å². The lowest BCUT2D eigenvalue weighted by Crippen LogP contribution is -2.33. The van der Waals surface area contributed by atoms with Crippen molar-refractivity contribution in [3.63, 3.8) is 0 Å². The summed E-state index contributed by atoms with van der Waals surface area (Å²) in [5.74, 6) is -0.795. The Morgan fingerprint density at radius 2 is 2.06 bits per heavy atom. The Balaban J connectivity index is 1.45. The highest BCUT2D eigenvalue weighted by atomic mass is 19.1. The molecule has 0 radical (unpaired) electrons. The molecule has 1 aliphatic carbocycles. The maximum absolute atomic E-state index is 13.9. The molecule has 1 saturated heterocycles. The van der Waals surface area contributed by atoms with E-state index in [0.717, 1.165) is 16.7 Å². The number of carbonyl (C=O) groups is 1. The quantitative estimate of drug-likeness (QED) is 0.608. The van der Waals surface area contributed by atoms with Crippen LogP contribution in [0.2, 0.25) is 0 Å². The van der Waals surface area contributed by atoms with Crippen LogP contribution in [0, 0.1) is 12.7 Å². The van der Waals surface area contributed by atoms with Crippen LogP contribution < -0.4 is 10.1 Å². The zero-order chi connectivity index (χ0) is 24.0. The maximum Gasteiger partial charge on any atom is 0.407 e. The minimum atomic E-state index is -0.780. The lowest BCUT2D eigenvalue weighted by molar-refractivity contribution is -0.163. The van der Waals surface area contributed by atoms with Gasteiger partial charge in [0.1, 0.15) is 48.5 Å². The Hall–Kier alpha value is -3.24. The molecule has 1 N–H and O–H groups in total. The number of fused-ring (bicyclic) bond motifs is 2. The van der Waals surface area contributed by atoms with E-state index < -0.39 is 17.7 Å². The van der Waals surface area contributed by atoms with Crippen molar-refractivity contribution in [2.45, 2.75) is 63.9 Å². The highest BCUT2D eigenvalue weighted by Crippen LogP contribution is 2.46. The molecule has 34 heavy (non-hydrogen) atoms. The number of hydrogen-bond acceptors (Lipinski definition) is 7. The van der Waals surface area contributed by atoms with Crippen molar-refractivity contribution in [2.75, 3.05) is 7.05 Å². The lowest BCUT2D eigenvalue weighted by atomic mass is 10.2. The van der Waals surface area contributed by atoms with E-state index in [1.165, 1.54) is 19.2 Å². The zero-order valence-corrected chi connectivity index (χ0v) is 19.4. The molecule has 1 aromatic carbocycles. The third kappa shape index (κ3) is 4.07. The number of hydrogen-bond donors (Lipinski definition) is 1. The molecule has 3 aromatic rings. The van der Waals surface area contributed by atoms with E-state index in [4.69, 9.17) is 18.9 Å². The molecule has 4 atom stereocenters. The van der Waals surface area contributed by atoms with E-state index in [1.54, 1.807) is 12.4 Å². The highest BCUT2D eigenvalue weighted by molar-refractivity contribution is 5.78. The molecule has 2 fully saturated rings. The van der Waals surface area contributed by atoms with E-state index in [2.05, 4.69) is 19.9 Å².